The Balaban J connectivity index is 1.09. The summed E-state index contributed by atoms with van der Waals surface area (Å²) in [7, 11) is 0. The number of fused-ring (bicyclic) bond motifs is 4. The number of aryl methyl sites for hydroxylation is 2. The lowest BCUT2D eigenvalue weighted by atomic mass is 9.88. The fraction of sp³-hybridized carbons (Fsp3) is 0.230. The van der Waals surface area contributed by atoms with Gasteiger partial charge in [-0.3, -0.25) is 4.57 Å². The molecule has 0 fully saturated rings. The van der Waals surface area contributed by atoms with Gasteiger partial charge in [0.2, 0.25) is 0 Å². The molecule has 0 spiro atoms. The van der Waals surface area contributed by atoms with E-state index >= 15 is 0 Å². The van der Waals surface area contributed by atoms with E-state index in [-0.39, 0.29) is 34.3 Å². The Morgan fingerprint density at radius 1 is 0.621 bits per heavy atom. The van der Waals surface area contributed by atoms with Gasteiger partial charge in [-0.2, -0.15) is 0 Å². The second-order valence-corrected chi connectivity index (χ2v) is 18.1. The Bertz CT molecular complexity index is 3610. The van der Waals surface area contributed by atoms with E-state index in [9.17, 15) is 0 Å². The van der Waals surface area contributed by atoms with Gasteiger partial charge in [0.1, 0.15) is 24.0 Å². The van der Waals surface area contributed by atoms with Gasteiger partial charge >= 0.3 is 0 Å². The maximum absolute atomic E-state index is 9.08. The average Bonchev–Trinajstić information content (AvgIpc) is 3.98. The number of ether oxygens (including phenoxy) is 1. The van der Waals surface area contributed by atoms with Crippen LogP contribution in [0.5, 0.6) is 11.5 Å². The number of rotatable bonds is 14. The van der Waals surface area contributed by atoms with E-state index in [0.29, 0.717) is 22.9 Å². The van der Waals surface area contributed by atoms with Crippen molar-refractivity contribution in [1.82, 2.24) is 9.55 Å². The summed E-state index contributed by atoms with van der Waals surface area (Å²) in [6.45, 7) is 11.3. The predicted molar refractivity (Wildman–Crippen MR) is 279 cm³/mol. The fourth-order valence-electron chi connectivity index (χ4n) is 9.52. The van der Waals surface area contributed by atoms with Crippen LogP contribution in [0.3, 0.4) is 0 Å². The quantitative estimate of drug-likeness (QED) is 0.102. The van der Waals surface area contributed by atoms with Gasteiger partial charge in [0.25, 0.3) is 0 Å². The van der Waals surface area contributed by atoms with Crippen LogP contribution in [-0.4, -0.2) is 16.2 Å². The largest absolute Gasteiger partial charge is 0.457 e. The number of benzene rings is 7. The molecular weight excluding hydrogens is 805 g/mol. The molecule has 0 radical (unpaired) electrons. The fourth-order valence-corrected chi connectivity index (χ4v) is 9.52. The highest BCUT2D eigenvalue weighted by Gasteiger charge is 2.31. The smallest absolute Gasteiger partial charge is 0.137 e. The third kappa shape index (κ3) is 8.24. The van der Waals surface area contributed by atoms with Gasteiger partial charge in [-0.05, 0) is 107 Å². The minimum Gasteiger partial charge on any atom is -0.457 e. The highest BCUT2D eigenvalue weighted by molar-refractivity contribution is 6.11. The molecule has 7 aromatic carbocycles. The van der Waals surface area contributed by atoms with E-state index in [1.54, 1.807) is 18.2 Å². The van der Waals surface area contributed by atoms with Crippen LogP contribution in [0, 0.1) is 0 Å². The summed E-state index contributed by atoms with van der Waals surface area (Å²) in [5.74, 6) is 2.05. The maximum atomic E-state index is 9.08. The van der Waals surface area contributed by atoms with E-state index in [4.69, 9.17) is 23.4 Å². The van der Waals surface area contributed by atoms with E-state index in [2.05, 4.69) is 80.5 Å². The van der Waals surface area contributed by atoms with E-state index in [1.807, 2.05) is 65.7 Å². The van der Waals surface area contributed by atoms with Gasteiger partial charge in [0.05, 0.1) is 41.8 Å². The Labute approximate surface area is 405 Å². The summed E-state index contributed by atoms with van der Waals surface area (Å²) in [5, 5.41) is 2.39. The summed E-state index contributed by atoms with van der Waals surface area (Å²) in [6.07, 6.45) is 9.71. The Morgan fingerprint density at radius 3 is 2.02 bits per heavy atom. The molecule has 5 nitrogen and oxygen atoms in total. The van der Waals surface area contributed by atoms with Crippen LogP contribution in [0.25, 0.3) is 49.9 Å². The van der Waals surface area contributed by atoms with E-state index in [0.717, 1.165) is 59.3 Å². The summed E-state index contributed by atoms with van der Waals surface area (Å²) < 4.78 is 96.7. The van der Waals surface area contributed by atoms with Crippen molar-refractivity contribution in [2.75, 3.05) is 16.5 Å². The molecule has 0 unspecified atom stereocenters. The zero-order valence-corrected chi connectivity index (χ0v) is 38.3. The molecule has 9 aromatic rings. The highest BCUT2D eigenvalue weighted by atomic mass is 16.5. The second kappa shape index (κ2) is 18.4. The first-order valence-electron chi connectivity index (χ1n) is 28.2. The lowest BCUT2D eigenvalue weighted by Gasteiger charge is -2.27. The third-order valence-corrected chi connectivity index (χ3v) is 12.7. The molecular formula is C61H60N4O. The van der Waals surface area contributed by atoms with Crippen molar-refractivity contribution in [2.24, 2.45) is 0 Å². The molecule has 10 rings (SSSR count). The molecule has 330 valence electrons. The Hall–Kier alpha value is -7.11. The van der Waals surface area contributed by atoms with Crippen LogP contribution < -0.4 is 14.5 Å². The molecule has 0 bridgehead atoms. The van der Waals surface area contributed by atoms with Gasteiger partial charge in [-0.15, -0.1) is 0 Å². The summed E-state index contributed by atoms with van der Waals surface area (Å²) in [5.41, 5.74) is 8.78. The summed E-state index contributed by atoms with van der Waals surface area (Å²) in [6, 6.07) is 30.6. The molecule has 0 aliphatic carbocycles. The van der Waals surface area contributed by atoms with Crippen molar-refractivity contribution in [3.8, 4) is 39.6 Å². The number of anilines is 4. The predicted octanol–water partition coefficient (Wildman–Crippen LogP) is 16.9. The van der Waals surface area contributed by atoms with Crippen molar-refractivity contribution in [3.63, 3.8) is 0 Å². The van der Waals surface area contributed by atoms with Crippen LogP contribution in [-0.2, 0) is 18.3 Å². The molecule has 2 aromatic heterocycles. The minimum atomic E-state index is -0.546. The lowest BCUT2D eigenvalue weighted by molar-refractivity contribution is 0.483. The minimum absolute atomic E-state index is 0.0836. The number of hydrogen-bond donors (Lipinski definition) is 0. The zero-order chi connectivity index (χ0) is 53.9. The first kappa shape index (κ1) is 32.5. The molecule has 0 atom stereocenters. The van der Waals surface area contributed by atoms with Crippen molar-refractivity contribution in [1.29, 1.82) is 0 Å². The average molecular weight is 875 g/mol. The second-order valence-electron chi connectivity index (χ2n) is 18.1. The molecule has 0 amide bonds. The Morgan fingerprint density at radius 2 is 1.32 bits per heavy atom. The number of nitrogens with zero attached hydrogens (tertiary/aromatic N) is 4. The van der Waals surface area contributed by atoms with Crippen LogP contribution in [0.4, 0.5) is 22.7 Å². The summed E-state index contributed by atoms with van der Waals surface area (Å²) >= 11 is 0. The molecule has 0 saturated carbocycles. The van der Waals surface area contributed by atoms with Crippen molar-refractivity contribution in [3.05, 3.63) is 193 Å². The van der Waals surface area contributed by atoms with E-state index < -0.39 is 60.4 Å². The molecule has 1 aliphatic heterocycles. The first-order valence-corrected chi connectivity index (χ1v) is 23.2. The van der Waals surface area contributed by atoms with Crippen LogP contribution in [0.15, 0.2) is 176 Å². The van der Waals surface area contributed by atoms with Gasteiger partial charge in [0, 0.05) is 45.9 Å². The van der Waals surface area contributed by atoms with Crippen molar-refractivity contribution in [2.45, 2.75) is 85.0 Å². The maximum Gasteiger partial charge on any atom is 0.137 e. The van der Waals surface area contributed by atoms with Crippen LogP contribution >= 0.6 is 0 Å². The van der Waals surface area contributed by atoms with E-state index in [1.165, 1.54) is 41.3 Å². The first-order chi connectivity index (χ1) is 36.4. The number of para-hydroxylation sites is 3. The number of hydrogen-bond acceptors (Lipinski definition) is 4. The summed E-state index contributed by atoms with van der Waals surface area (Å²) in [4.78, 5) is 8.97. The standard InChI is InChI=1S/C61H60N4O/c1-6-8-9-12-26-45-33-36-56-59(50(45)21-7-2)53-35-34-49(41-57(53)65(56)58-39-46(37-38-62-58)61(3,4)5)66-48-28-19-27-47(40-48)63-42-64(55-32-18-17-31-54(55)63)60-51(43-22-13-10-14-23-43)29-20-30-52(60)44-24-15-11-16-25-44/h10-11,13-20,22-25,27-41H,6-9,12,21,26,42H2,1-5H3/i10D,11D,13D,14D,15D,16D,22D,23D,24D,25D. The normalized spacial score (nSPS) is 14.7. The molecule has 5 heteroatoms. The highest BCUT2D eigenvalue weighted by Crippen LogP contribution is 2.50. The van der Waals surface area contributed by atoms with Gasteiger partial charge in [-0.1, -0.05) is 163 Å². The molecule has 1 aliphatic rings. The van der Waals surface area contributed by atoms with Crippen molar-refractivity contribution < 1.29 is 18.4 Å². The number of pyridine rings is 1. The SMILES string of the molecule is [2H]c1c([2H])c([2H])c(-c2cccc(-c3c([2H])c([2H])c([2H])c([2H])c3[2H])c2N2CN(c3cccc(Oc4ccc5c6c(CCC)c(CCCCCC)ccc6n(-c6cc(C(C)(C)C)ccn6)c5c4)c3)c3ccccc32)c([2H])c1[2H]. The number of aromatic nitrogens is 2. The van der Waals surface area contributed by atoms with Crippen LogP contribution in [0.1, 0.15) is 97.1 Å². The van der Waals surface area contributed by atoms with Gasteiger partial charge in [0.15, 0.2) is 0 Å². The van der Waals surface area contributed by atoms with Crippen molar-refractivity contribution >= 4 is 44.6 Å². The number of unbranched alkanes of at least 4 members (excludes halogenated alkanes) is 3. The molecule has 66 heavy (non-hydrogen) atoms. The topological polar surface area (TPSA) is 33.5 Å². The van der Waals surface area contributed by atoms with Crippen LogP contribution in [0.2, 0.25) is 0 Å². The van der Waals surface area contributed by atoms with Gasteiger partial charge in [-0.25, -0.2) is 4.98 Å². The molecule has 0 saturated heterocycles. The molecule has 0 N–H and O–H groups in total. The zero-order valence-electron chi connectivity index (χ0n) is 48.3. The Kier molecular flexibility index (Phi) is 9.07. The monoisotopic (exact) mass is 875 g/mol. The third-order valence-electron chi connectivity index (χ3n) is 12.7. The molecule has 3 heterocycles. The lowest BCUT2D eigenvalue weighted by Crippen LogP contribution is -2.24. The van der Waals surface area contributed by atoms with Gasteiger partial charge < -0.3 is 14.5 Å².